The van der Waals surface area contributed by atoms with Crippen LogP contribution in [0.25, 0.3) is 0 Å². The monoisotopic (exact) mass is 456 g/mol. The lowest BCUT2D eigenvalue weighted by molar-refractivity contribution is -0.151. The minimum Gasteiger partial charge on any atom is -0.468 e. The van der Waals surface area contributed by atoms with Gasteiger partial charge in [0.1, 0.15) is 12.5 Å². The molecule has 0 saturated heterocycles. The van der Waals surface area contributed by atoms with Crippen molar-refractivity contribution in [3.8, 4) is 0 Å². The fourth-order valence-corrected chi connectivity index (χ4v) is 4.54. The lowest BCUT2D eigenvalue weighted by Gasteiger charge is -2.38. The molecule has 1 aromatic carbocycles. The largest absolute Gasteiger partial charge is 0.468 e. The van der Waals surface area contributed by atoms with Crippen LogP contribution in [0.4, 0.5) is 5.69 Å². The van der Waals surface area contributed by atoms with E-state index in [-0.39, 0.29) is 24.9 Å². The normalized spacial score (nSPS) is 22.5. The van der Waals surface area contributed by atoms with Crippen molar-refractivity contribution in [3.63, 3.8) is 0 Å². The fourth-order valence-electron chi connectivity index (χ4n) is 4.54. The van der Waals surface area contributed by atoms with Gasteiger partial charge < -0.3 is 24.4 Å². The lowest BCUT2D eigenvalue weighted by Crippen LogP contribution is -2.43. The van der Waals surface area contributed by atoms with Crippen LogP contribution in [0, 0.1) is 11.8 Å². The van der Waals surface area contributed by atoms with E-state index in [0.717, 1.165) is 16.9 Å². The number of carbonyl (C=O) groups is 3. The molecular formula is C25H32N2O6. The molecule has 3 rings (SSSR count). The number of methoxy groups -OCH3 is 2. The Hall–Kier alpha value is -3.13. The van der Waals surface area contributed by atoms with E-state index in [1.165, 1.54) is 14.2 Å². The number of rotatable bonds is 7. The first kappa shape index (κ1) is 24.5. The smallest absolute Gasteiger partial charge is 0.336 e. The van der Waals surface area contributed by atoms with Gasteiger partial charge in [0.2, 0.25) is 0 Å². The number of Topliss-reactive ketones (excluding diaryl/α,β-unsaturated/α-hetero) is 1. The molecular weight excluding hydrogens is 424 g/mol. The van der Waals surface area contributed by atoms with Gasteiger partial charge in [-0.25, -0.2) is 4.79 Å². The third kappa shape index (κ3) is 4.80. The number of ether oxygens (including phenoxy) is 3. The molecule has 8 nitrogen and oxygen atoms in total. The molecule has 33 heavy (non-hydrogen) atoms. The van der Waals surface area contributed by atoms with E-state index in [9.17, 15) is 14.4 Å². The molecule has 0 bridgehead atoms. The number of nitrogens with one attached hydrogen (secondary N) is 1. The number of anilines is 1. The number of benzene rings is 1. The Morgan fingerprint density at radius 3 is 2.36 bits per heavy atom. The summed E-state index contributed by atoms with van der Waals surface area (Å²) < 4.78 is 15.4. The summed E-state index contributed by atoms with van der Waals surface area (Å²) in [4.78, 5) is 41.3. The van der Waals surface area contributed by atoms with Gasteiger partial charge in [0, 0.05) is 49.8 Å². The maximum atomic E-state index is 13.7. The Labute approximate surface area is 194 Å². The van der Waals surface area contributed by atoms with Crippen LogP contribution in [0.15, 0.2) is 46.8 Å². The number of nitrogens with zero attached hydrogens (tertiary/aromatic N) is 1. The van der Waals surface area contributed by atoms with Crippen LogP contribution in [0.2, 0.25) is 0 Å². The Bertz CT molecular complexity index is 993. The molecule has 1 aromatic rings. The molecule has 8 heteroatoms. The number of dihydropyridines is 1. The van der Waals surface area contributed by atoms with Crippen molar-refractivity contribution in [1.29, 1.82) is 0 Å². The van der Waals surface area contributed by atoms with E-state index in [4.69, 9.17) is 14.2 Å². The van der Waals surface area contributed by atoms with Crippen molar-refractivity contribution < 1.29 is 28.6 Å². The summed E-state index contributed by atoms with van der Waals surface area (Å²) in [6.45, 7) is 4.03. The molecule has 1 N–H and O–H groups in total. The molecule has 178 valence electrons. The van der Waals surface area contributed by atoms with Crippen molar-refractivity contribution in [1.82, 2.24) is 5.32 Å². The van der Waals surface area contributed by atoms with Gasteiger partial charge in [-0.15, -0.1) is 0 Å². The molecule has 2 aliphatic rings. The van der Waals surface area contributed by atoms with E-state index >= 15 is 0 Å². The Balaban J connectivity index is 2.12. The Kier molecular flexibility index (Phi) is 7.58. The van der Waals surface area contributed by atoms with Crippen molar-refractivity contribution in [3.05, 3.63) is 52.4 Å². The third-order valence-corrected chi connectivity index (χ3v) is 6.23. The standard InChI is InChI=1S/C25H32N2O6/c1-14-13-18-22(23(28)19(14)24(29)32-6)21(16-7-9-17(10-8-16)27(3)4)20(15(2)26-18)25(30)33-12-11-31-5/h7-10,14,19,21,26H,11-13H2,1-6H3/t14-,19+,21+/m0/s1. The van der Waals surface area contributed by atoms with Crippen LogP contribution in [-0.2, 0) is 28.6 Å². The number of allylic oxidation sites excluding steroid dienone is 3. The van der Waals surface area contributed by atoms with Gasteiger partial charge in [0.15, 0.2) is 5.78 Å². The molecule has 0 unspecified atom stereocenters. The quantitative estimate of drug-likeness (QED) is 0.380. The number of ketones is 1. The second-order valence-electron chi connectivity index (χ2n) is 8.65. The van der Waals surface area contributed by atoms with E-state index < -0.39 is 23.8 Å². The minimum absolute atomic E-state index is 0.0973. The molecule has 0 fully saturated rings. The van der Waals surface area contributed by atoms with Crippen LogP contribution < -0.4 is 10.2 Å². The van der Waals surface area contributed by atoms with Crippen molar-refractivity contribution in [2.45, 2.75) is 26.2 Å². The van der Waals surface area contributed by atoms with Gasteiger partial charge in [-0.05, 0) is 37.0 Å². The Morgan fingerprint density at radius 1 is 1.12 bits per heavy atom. The predicted molar refractivity (Wildman–Crippen MR) is 124 cm³/mol. The first-order chi connectivity index (χ1) is 15.7. The number of hydrogen-bond acceptors (Lipinski definition) is 8. The van der Waals surface area contributed by atoms with Gasteiger partial charge in [-0.2, -0.15) is 0 Å². The summed E-state index contributed by atoms with van der Waals surface area (Å²) in [5, 5.41) is 3.25. The van der Waals surface area contributed by atoms with Crippen LogP contribution in [0.5, 0.6) is 0 Å². The van der Waals surface area contributed by atoms with Crippen LogP contribution in [0.1, 0.15) is 31.7 Å². The van der Waals surface area contributed by atoms with E-state index in [1.807, 2.05) is 50.2 Å². The molecule has 0 aromatic heterocycles. The average Bonchev–Trinajstić information content (AvgIpc) is 2.78. The average molecular weight is 457 g/mol. The first-order valence-corrected chi connectivity index (χ1v) is 11.0. The molecule has 0 spiro atoms. The second kappa shape index (κ2) is 10.2. The highest BCUT2D eigenvalue weighted by Gasteiger charge is 2.47. The van der Waals surface area contributed by atoms with Gasteiger partial charge in [-0.3, -0.25) is 9.59 Å². The van der Waals surface area contributed by atoms with Crippen molar-refractivity contribution >= 4 is 23.4 Å². The maximum absolute atomic E-state index is 13.7. The molecule has 1 aliphatic carbocycles. The van der Waals surface area contributed by atoms with Crippen LogP contribution >= 0.6 is 0 Å². The Morgan fingerprint density at radius 2 is 1.79 bits per heavy atom. The predicted octanol–water partition coefficient (Wildman–Crippen LogP) is 2.56. The molecule has 1 aliphatic heterocycles. The highest BCUT2D eigenvalue weighted by atomic mass is 16.6. The summed E-state index contributed by atoms with van der Waals surface area (Å²) in [7, 11) is 6.69. The number of esters is 2. The maximum Gasteiger partial charge on any atom is 0.336 e. The SMILES string of the molecule is COCCOC(=O)C1=C(C)NC2=C(C(=O)[C@H](C(=O)OC)[C@@H](C)C2)[C@@H]1c1ccc(N(C)C)cc1. The van der Waals surface area contributed by atoms with Crippen LogP contribution in [-0.4, -0.2) is 59.3 Å². The number of hydrogen-bond donors (Lipinski definition) is 1. The number of carbonyl (C=O) groups excluding carboxylic acids is 3. The zero-order valence-electron chi connectivity index (χ0n) is 20.1. The fraction of sp³-hybridized carbons (Fsp3) is 0.480. The van der Waals surface area contributed by atoms with Gasteiger partial charge in [0.25, 0.3) is 0 Å². The molecule has 3 atom stereocenters. The van der Waals surface area contributed by atoms with Gasteiger partial charge in [0.05, 0.1) is 19.3 Å². The highest BCUT2D eigenvalue weighted by Crippen LogP contribution is 2.45. The summed E-state index contributed by atoms with van der Waals surface area (Å²) in [5.41, 5.74) is 3.91. The van der Waals surface area contributed by atoms with Gasteiger partial charge in [-0.1, -0.05) is 19.1 Å². The minimum atomic E-state index is -0.914. The van der Waals surface area contributed by atoms with E-state index in [1.54, 1.807) is 6.92 Å². The summed E-state index contributed by atoms with van der Waals surface area (Å²) in [6.07, 6.45) is 0.496. The van der Waals surface area contributed by atoms with Gasteiger partial charge >= 0.3 is 11.9 Å². The zero-order chi connectivity index (χ0) is 24.3. The van der Waals surface area contributed by atoms with E-state index in [0.29, 0.717) is 23.3 Å². The lowest BCUT2D eigenvalue weighted by atomic mass is 9.69. The molecule has 1 heterocycles. The molecule has 0 amide bonds. The summed E-state index contributed by atoms with van der Waals surface area (Å²) in [5.74, 6) is -3.19. The summed E-state index contributed by atoms with van der Waals surface area (Å²) >= 11 is 0. The van der Waals surface area contributed by atoms with Crippen molar-refractivity contribution in [2.24, 2.45) is 11.8 Å². The van der Waals surface area contributed by atoms with Crippen LogP contribution in [0.3, 0.4) is 0 Å². The highest BCUT2D eigenvalue weighted by molar-refractivity contribution is 6.12. The topological polar surface area (TPSA) is 94.2 Å². The molecule has 0 saturated carbocycles. The zero-order valence-corrected chi connectivity index (χ0v) is 20.1. The molecule has 0 radical (unpaired) electrons. The second-order valence-corrected chi connectivity index (χ2v) is 8.65. The van der Waals surface area contributed by atoms with Crippen molar-refractivity contribution in [2.75, 3.05) is 46.4 Å². The van der Waals surface area contributed by atoms with E-state index in [2.05, 4.69) is 5.32 Å². The third-order valence-electron chi connectivity index (χ3n) is 6.23. The summed E-state index contributed by atoms with van der Waals surface area (Å²) in [6, 6.07) is 7.69. The first-order valence-electron chi connectivity index (χ1n) is 11.0.